The third kappa shape index (κ3) is 5.57. The molecule has 1 aromatic carbocycles. The molecule has 2 N–H and O–H groups in total. The molecule has 0 heterocycles. The fourth-order valence-corrected chi connectivity index (χ4v) is 1.72. The monoisotopic (exact) mass is 318 g/mol. The quantitative estimate of drug-likeness (QED) is 0.748. The fourth-order valence-electron chi connectivity index (χ4n) is 1.31. The lowest BCUT2D eigenvalue weighted by Gasteiger charge is -2.07. The zero-order valence-electron chi connectivity index (χ0n) is 10.1. The van der Waals surface area contributed by atoms with Gasteiger partial charge in [-0.15, -0.1) is 0 Å². The van der Waals surface area contributed by atoms with Crippen molar-refractivity contribution in [1.82, 2.24) is 10.6 Å². The normalized spacial score (nSPS) is 10.4. The van der Waals surface area contributed by atoms with Crippen LogP contribution in [0.25, 0.3) is 0 Å². The van der Waals surface area contributed by atoms with E-state index in [-0.39, 0.29) is 24.8 Å². The molecule has 0 aliphatic carbocycles. The summed E-state index contributed by atoms with van der Waals surface area (Å²) in [5.41, 5.74) is 0.453. The molecule has 0 bridgehead atoms. The van der Waals surface area contributed by atoms with Crippen molar-refractivity contribution in [3.63, 3.8) is 0 Å². The van der Waals surface area contributed by atoms with Gasteiger partial charge >= 0.3 is 0 Å². The molecule has 0 atom stereocenters. The number of ether oxygens (including phenoxy) is 1. The van der Waals surface area contributed by atoms with E-state index in [0.29, 0.717) is 18.7 Å². The van der Waals surface area contributed by atoms with Crippen LogP contribution in [0.15, 0.2) is 22.7 Å². The van der Waals surface area contributed by atoms with Gasteiger partial charge in [0.15, 0.2) is 0 Å². The number of carbonyl (C=O) groups is 1. The minimum absolute atomic E-state index is 0.175. The summed E-state index contributed by atoms with van der Waals surface area (Å²) in [6, 6.07) is 4.63. The molecular formula is C12H16BrFN2O2. The van der Waals surface area contributed by atoms with E-state index < -0.39 is 0 Å². The fraction of sp³-hybridized carbons (Fsp3) is 0.417. The number of benzene rings is 1. The maximum Gasteiger partial charge on any atom is 0.234 e. The molecule has 0 radical (unpaired) electrons. The second-order valence-electron chi connectivity index (χ2n) is 3.68. The maximum atomic E-state index is 13.4. The van der Waals surface area contributed by atoms with Crippen LogP contribution >= 0.6 is 15.9 Å². The number of carbonyl (C=O) groups excluding carboxylic acids is 1. The highest BCUT2D eigenvalue weighted by molar-refractivity contribution is 9.10. The summed E-state index contributed by atoms with van der Waals surface area (Å²) in [5.74, 6) is -0.503. The molecule has 0 fully saturated rings. The Morgan fingerprint density at radius 2 is 2.28 bits per heavy atom. The first kappa shape index (κ1) is 15.1. The summed E-state index contributed by atoms with van der Waals surface area (Å²) in [6.07, 6.45) is 0. The van der Waals surface area contributed by atoms with Gasteiger partial charge in [-0.05, 0) is 18.2 Å². The number of halogens is 2. The highest BCUT2D eigenvalue weighted by atomic mass is 79.9. The Labute approximate surface area is 114 Å². The molecule has 4 nitrogen and oxygen atoms in total. The zero-order valence-corrected chi connectivity index (χ0v) is 11.7. The Hall–Kier alpha value is -0.980. The third-order valence-electron chi connectivity index (χ3n) is 2.25. The number of amides is 1. The number of methoxy groups -OCH3 is 1. The standard InChI is InChI=1S/C12H16BrFN2O2/c1-18-5-4-15-8-12(17)16-7-9-6-10(13)2-3-11(9)14/h2-3,6,15H,4-5,7-8H2,1H3,(H,16,17). The molecule has 0 aliphatic heterocycles. The van der Waals surface area contributed by atoms with Gasteiger partial charge in [0, 0.05) is 30.2 Å². The maximum absolute atomic E-state index is 13.4. The van der Waals surface area contributed by atoms with Gasteiger partial charge in [0.1, 0.15) is 5.82 Å². The first-order valence-corrected chi connectivity index (χ1v) is 6.33. The van der Waals surface area contributed by atoms with Crippen LogP contribution in [0.2, 0.25) is 0 Å². The molecule has 0 saturated carbocycles. The topological polar surface area (TPSA) is 50.4 Å². The Balaban J connectivity index is 2.31. The van der Waals surface area contributed by atoms with Crippen LogP contribution in [-0.2, 0) is 16.1 Å². The summed E-state index contributed by atoms with van der Waals surface area (Å²) in [5, 5.41) is 5.55. The summed E-state index contributed by atoms with van der Waals surface area (Å²) in [7, 11) is 1.60. The van der Waals surface area contributed by atoms with Crippen LogP contribution < -0.4 is 10.6 Å². The van der Waals surface area contributed by atoms with Gasteiger partial charge in [0.2, 0.25) is 5.91 Å². The van der Waals surface area contributed by atoms with E-state index in [1.807, 2.05) is 0 Å². The minimum Gasteiger partial charge on any atom is -0.383 e. The molecule has 1 rings (SSSR count). The Morgan fingerprint density at radius 3 is 3.00 bits per heavy atom. The molecule has 18 heavy (non-hydrogen) atoms. The van der Waals surface area contributed by atoms with Crippen LogP contribution in [0.1, 0.15) is 5.56 Å². The van der Waals surface area contributed by atoms with Crippen LogP contribution in [-0.4, -0.2) is 32.7 Å². The smallest absolute Gasteiger partial charge is 0.234 e. The van der Waals surface area contributed by atoms with Crippen molar-refractivity contribution in [2.24, 2.45) is 0 Å². The van der Waals surface area contributed by atoms with Gasteiger partial charge < -0.3 is 15.4 Å². The van der Waals surface area contributed by atoms with E-state index in [2.05, 4.69) is 26.6 Å². The summed E-state index contributed by atoms with van der Waals surface area (Å²) < 4.78 is 19.0. The van der Waals surface area contributed by atoms with E-state index in [1.54, 1.807) is 19.2 Å². The molecule has 0 saturated heterocycles. The highest BCUT2D eigenvalue weighted by Gasteiger charge is 2.05. The van der Waals surface area contributed by atoms with Gasteiger partial charge in [-0.2, -0.15) is 0 Å². The number of hydrogen-bond acceptors (Lipinski definition) is 3. The van der Waals surface area contributed by atoms with Gasteiger partial charge in [-0.1, -0.05) is 15.9 Å². The summed E-state index contributed by atoms with van der Waals surface area (Å²) in [6.45, 7) is 1.53. The zero-order chi connectivity index (χ0) is 13.4. The highest BCUT2D eigenvalue weighted by Crippen LogP contribution is 2.15. The van der Waals surface area contributed by atoms with E-state index in [9.17, 15) is 9.18 Å². The molecule has 0 unspecified atom stereocenters. The van der Waals surface area contributed by atoms with Crippen molar-refractivity contribution in [1.29, 1.82) is 0 Å². The lowest BCUT2D eigenvalue weighted by molar-refractivity contribution is -0.120. The Bertz CT molecular complexity index is 402. The largest absolute Gasteiger partial charge is 0.383 e. The number of nitrogens with one attached hydrogen (secondary N) is 2. The SMILES string of the molecule is COCCNCC(=O)NCc1cc(Br)ccc1F. The van der Waals surface area contributed by atoms with Crippen LogP contribution in [0.5, 0.6) is 0 Å². The average Bonchev–Trinajstić information content (AvgIpc) is 2.36. The minimum atomic E-state index is -0.328. The lowest BCUT2D eigenvalue weighted by atomic mass is 10.2. The lowest BCUT2D eigenvalue weighted by Crippen LogP contribution is -2.35. The summed E-state index contributed by atoms with van der Waals surface area (Å²) >= 11 is 3.26. The Morgan fingerprint density at radius 1 is 1.50 bits per heavy atom. The average molecular weight is 319 g/mol. The van der Waals surface area contributed by atoms with Crippen molar-refractivity contribution in [2.45, 2.75) is 6.54 Å². The molecule has 0 aliphatic rings. The molecule has 6 heteroatoms. The van der Waals surface area contributed by atoms with Crippen molar-refractivity contribution in [3.8, 4) is 0 Å². The van der Waals surface area contributed by atoms with E-state index in [0.717, 1.165) is 4.47 Å². The van der Waals surface area contributed by atoms with Crippen molar-refractivity contribution in [2.75, 3.05) is 26.8 Å². The first-order chi connectivity index (χ1) is 8.63. The molecule has 0 aromatic heterocycles. The van der Waals surface area contributed by atoms with Crippen molar-refractivity contribution >= 4 is 21.8 Å². The van der Waals surface area contributed by atoms with Gasteiger partial charge in [0.05, 0.1) is 13.2 Å². The summed E-state index contributed by atoms with van der Waals surface area (Å²) in [4.78, 5) is 11.4. The molecule has 1 amide bonds. The van der Waals surface area contributed by atoms with E-state index in [1.165, 1.54) is 6.07 Å². The van der Waals surface area contributed by atoms with Crippen molar-refractivity contribution in [3.05, 3.63) is 34.1 Å². The molecule has 0 spiro atoms. The van der Waals surface area contributed by atoms with Gasteiger partial charge in [-0.3, -0.25) is 4.79 Å². The van der Waals surface area contributed by atoms with E-state index >= 15 is 0 Å². The van der Waals surface area contributed by atoms with Crippen LogP contribution in [0, 0.1) is 5.82 Å². The van der Waals surface area contributed by atoms with Crippen LogP contribution in [0.4, 0.5) is 4.39 Å². The van der Waals surface area contributed by atoms with Crippen molar-refractivity contribution < 1.29 is 13.9 Å². The third-order valence-corrected chi connectivity index (χ3v) is 2.75. The van der Waals surface area contributed by atoms with Crippen LogP contribution in [0.3, 0.4) is 0 Å². The Kier molecular flexibility index (Phi) is 6.85. The molecule has 100 valence electrons. The molecule has 1 aromatic rings. The predicted octanol–water partition coefficient (Wildman–Crippen LogP) is 1.44. The van der Waals surface area contributed by atoms with Gasteiger partial charge in [0.25, 0.3) is 0 Å². The molecular weight excluding hydrogens is 303 g/mol. The second-order valence-corrected chi connectivity index (χ2v) is 4.60. The van der Waals surface area contributed by atoms with Gasteiger partial charge in [-0.25, -0.2) is 4.39 Å². The number of hydrogen-bond donors (Lipinski definition) is 2. The van der Waals surface area contributed by atoms with E-state index in [4.69, 9.17) is 4.74 Å². The second kappa shape index (κ2) is 8.18. The number of rotatable bonds is 7. The predicted molar refractivity (Wildman–Crippen MR) is 70.7 cm³/mol. The first-order valence-electron chi connectivity index (χ1n) is 5.53.